The predicted molar refractivity (Wildman–Crippen MR) is 70.3 cm³/mol. The fourth-order valence-electron chi connectivity index (χ4n) is 4.46. The zero-order chi connectivity index (χ0) is 11.8. The maximum atomic E-state index is 6.88. The van der Waals surface area contributed by atoms with Gasteiger partial charge < -0.3 is 5.73 Å². The van der Waals surface area contributed by atoms with Crippen molar-refractivity contribution in [3.8, 4) is 0 Å². The monoisotopic (exact) mass is 223 g/mol. The molecular formula is C15H29N. The van der Waals surface area contributed by atoms with Crippen LogP contribution in [0.1, 0.15) is 72.1 Å². The highest BCUT2D eigenvalue weighted by molar-refractivity contribution is 5.08. The van der Waals surface area contributed by atoms with E-state index in [9.17, 15) is 0 Å². The molecule has 2 aliphatic rings. The lowest BCUT2D eigenvalue weighted by molar-refractivity contribution is 0.0555. The van der Waals surface area contributed by atoms with Gasteiger partial charge in [-0.15, -0.1) is 0 Å². The van der Waals surface area contributed by atoms with Gasteiger partial charge in [0.05, 0.1) is 0 Å². The third kappa shape index (κ3) is 1.81. The highest BCUT2D eigenvalue weighted by atomic mass is 14.8. The lowest BCUT2D eigenvalue weighted by Gasteiger charge is -2.49. The molecule has 0 aliphatic heterocycles. The number of nitrogens with two attached hydrogens (primary N) is 1. The first-order valence-electron chi connectivity index (χ1n) is 7.30. The zero-order valence-corrected chi connectivity index (χ0v) is 11.4. The molecule has 2 aliphatic carbocycles. The van der Waals surface area contributed by atoms with E-state index in [2.05, 4.69) is 20.8 Å². The van der Waals surface area contributed by atoms with Crippen LogP contribution in [-0.4, -0.2) is 5.54 Å². The van der Waals surface area contributed by atoms with Gasteiger partial charge in [-0.1, -0.05) is 52.9 Å². The summed E-state index contributed by atoms with van der Waals surface area (Å²) in [5, 5.41) is 0. The summed E-state index contributed by atoms with van der Waals surface area (Å²) in [6, 6.07) is 0. The van der Waals surface area contributed by atoms with Crippen LogP contribution >= 0.6 is 0 Å². The average Bonchev–Trinajstić information content (AvgIpc) is 2.54. The highest BCUT2D eigenvalue weighted by Gasteiger charge is 2.52. The highest BCUT2D eigenvalue weighted by Crippen LogP contribution is 2.53. The van der Waals surface area contributed by atoms with Crippen LogP contribution in [-0.2, 0) is 0 Å². The second kappa shape index (κ2) is 4.33. The van der Waals surface area contributed by atoms with Crippen molar-refractivity contribution in [2.75, 3.05) is 0 Å². The molecule has 1 heteroatoms. The fourth-order valence-corrected chi connectivity index (χ4v) is 4.46. The van der Waals surface area contributed by atoms with Gasteiger partial charge in [-0.2, -0.15) is 0 Å². The zero-order valence-electron chi connectivity index (χ0n) is 11.4. The fraction of sp³-hybridized carbons (Fsp3) is 1.00. The molecule has 1 nitrogen and oxygen atoms in total. The first-order chi connectivity index (χ1) is 7.51. The first kappa shape index (κ1) is 12.4. The molecule has 0 aromatic heterocycles. The van der Waals surface area contributed by atoms with E-state index < -0.39 is 0 Å². The van der Waals surface area contributed by atoms with Crippen LogP contribution in [0.5, 0.6) is 0 Å². The summed E-state index contributed by atoms with van der Waals surface area (Å²) in [4.78, 5) is 0. The molecule has 0 radical (unpaired) electrons. The molecule has 0 aromatic rings. The van der Waals surface area contributed by atoms with E-state index in [0.29, 0.717) is 5.41 Å². The average molecular weight is 223 g/mol. The summed E-state index contributed by atoms with van der Waals surface area (Å²) < 4.78 is 0. The van der Waals surface area contributed by atoms with E-state index in [-0.39, 0.29) is 5.54 Å². The molecular weight excluding hydrogens is 194 g/mol. The third-order valence-corrected chi connectivity index (χ3v) is 5.75. The molecule has 3 atom stereocenters. The number of hydrogen-bond acceptors (Lipinski definition) is 1. The molecule has 94 valence electrons. The lowest BCUT2D eigenvalue weighted by atomic mass is 9.60. The molecule has 2 rings (SSSR count). The standard InChI is InChI=1S/C15H29N/c1-4-12-8-5-6-9-13(12)15(16)11-7-10-14(15,2)3/h12-13H,4-11,16H2,1-3H3. The van der Waals surface area contributed by atoms with Crippen molar-refractivity contribution in [2.24, 2.45) is 23.0 Å². The van der Waals surface area contributed by atoms with Crippen LogP contribution < -0.4 is 5.73 Å². The number of hydrogen-bond donors (Lipinski definition) is 1. The molecule has 0 saturated heterocycles. The Morgan fingerprint density at radius 1 is 1.06 bits per heavy atom. The Labute approximate surface area is 101 Å². The Balaban J connectivity index is 2.20. The first-order valence-corrected chi connectivity index (χ1v) is 7.30. The largest absolute Gasteiger partial charge is 0.324 e. The summed E-state index contributed by atoms with van der Waals surface area (Å²) in [6.45, 7) is 7.16. The minimum atomic E-state index is 0.133. The number of rotatable bonds is 2. The van der Waals surface area contributed by atoms with Crippen LogP contribution in [0.2, 0.25) is 0 Å². The Morgan fingerprint density at radius 2 is 1.75 bits per heavy atom. The van der Waals surface area contributed by atoms with E-state index >= 15 is 0 Å². The topological polar surface area (TPSA) is 26.0 Å². The van der Waals surface area contributed by atoms with Gasteiger partial charge in [0, 0.05) is 5.54 Å². The summed E-state index contributed by atoms with van der Waals surface area (Å²) in [6.07, 6.45) is 10.9. The third-order valence-electron chi connectivity index (χ3n) is 5.75. The van der Waals surface area contributed by atoms with Crippen LogP contribution in [0.25, 0.3) is 0 Å². The maximum absolute atomic E-state index is 6.88. The van der Waals surface area contributed by atoms with Crippen molar-refractivity contribution < 1.29 is 0 Å². The molecule has 0 amide bonds. The lowest BCUT2D eigenvalue weighted by Crippen LogP contribution is -2.57. The second-order valence-electron chi connectivity index (χ2n) is 6.84. The molecule has 0 heterocycles. The summed E-state index contributed by atoms with van der Waals surface area (Å²) in [5.41, 5.74) is 7.37. The van der Waals surface area contributed by atoms with Gasteiger partial charge in [-0.05, 0) is 36.5 Å². The van der Waals surface area contributed by atoms with E-state index in [1.165, 1.54) is 51.4 Å². The molecule has 16 heavy (non-hydrogen) atoms. The van der Waals surface area contributed by atoms with E-state index in [1.807, 2.05) is 0 Å². The smallest absolute Gasteiger partial charge is 0.0237 e. The summed E-state index contributed by atoms with van der Waals surface area (Å²) in [5.74, 6) is 1.69. The molecule has 0 aromatic carbocycles. The van der Waals surface area contributed by atoms with Crippen LogP contribution in [0.3, 0.4) is 0 Å². The molecule has 3 unspecified atom stereocenters. The summed E-state index contributed by atoms with van der Waals surface area (Å²) >= 11 is 0. The van der Waals surface area contributed by atoms with Gasteiger partial charge >= 0.3 is 0 Å². The van der Waals surface area contributed by atoms with E-state index in [0.717, 1.165) is 11.8 Å². The van der Waals surface area contributed by atoms with Crippen molar-refractivity contribution in [3.63, 3.8) is 0 Å². The van der Waals surface area contributed by atoms with Crippen LogP contribution in [0.4, 0.5) is 0 Å². The van der Waals surface area contributed by atoms with Gasteiger partial charge in [0.2, 0.25) is 0 Å². The van der Waals surface area contributed by atoms with Crippen molar-refractivity contribution in [2.45, 2.75) is 77.7 Å². The van der Waals surface area contributed by atoms with Gasteiger partial charge in [0.15, 0.2) is 0 Å². The van der Waals surface area contributed by atoms with Crippen molar-refractivity contribution in [1.82, 2.24) is 0 Å². The van der Waals surface area contributed by atoms with Crippen LogP contribution in [0.15, 0.2) is 0 Å². The summed E-state index contributed by atoms with van der Waals surface area (Å²) in [7, 11) is 0. The van der Waals surface area contributed by atoms with Gasteiger partial charge in [0.1, 0.15) is 0 Å². The van der Waals surface area contributed by atoms with Crippen molar-refractivity contribution in [1.29, 1.82) is 0 Å². The minimum Gasteiger partial charge on any atom is -0.324 e. The molecule has 2 saturated carbocycles. The van der Waals surface area contributed by atoms with Gasteiger partial charge in [-0.25, -0.2) is 0 Å². The Hall–Kier alpha value is -0.0400. The van der Waals surface area contributed by atoms with Gasteiger partial charge in [0.25, 0.3) is 0 Å². The molecule has 2 fully saturated rings. The second-order valence-corrected chi connectivity index (χ2v) is 6.84. The Morgan fingerprint density at radius 3 is 2.31 bits per heavy atom. The van der Waals surface area contributed by atoms with Crippen molar-refractivity contribution in [3.05, 3.63) is 0 Å². The predicted octanol–water partition coefficient (Wildman–Crippen LogP) is 4.11. The molecule has 2 N–H and O–H groups in total. The van der Waals surface area contributed by atoms with Crippen molar-refractivity contribution >= 4 is 0 Å². The van der Waals surface area contributed by atoms with E-state index in [4.69, 9.17) is 5.73 Å². The van der Waals surface area contributed by atoms with Crippen LogP contribution in [0, 0.1) is 17.3 Å². The molecule has 0 bridgehead atoms. The normalized spacial score (nSPS) is 43.5. The quantitative estimate of drug-likeness (QED) is 0.749. The van der Waals surface area contributed by atoms with Gasteiger partial charge in [-0.3, -0.25) is 0 Å². The molecule has 0 spiro atoms. The Kier molecular flexibility index (Phi) is 3.36. The Bertz CT molecular complexity index is 246. The van der Waals surface area contributed by atoms with E-state index in [1.54, 1.807) is 0 Å². The SMILES string of the molecule is CCC1CCCCC1C1(N)CCCC1(C)C. The maximum Gasteiger partial charge on any atom is 0.0237 e. The minimum absolute atomic E-state index is 0.133.